The smallest absolute Gasteiger partial charge is 0 e. The Balaban J connectivity index is 0. The van der Waals surface area contributed by atoms with Crippen molar-refractivity contribution in [2.45, 2.75) is 0 Å². The standard InChI is InChI=1S/Ag.4ClH/h;4*1H. The van der Waals surface area contributed by atoms with E-state index in [0.717, 1.165) is 0 Å². The van der Waals surface area contributed by atoms with E-state index in [4.69, 9.17) is 0 Å². The van der Waals surface area contributed by atoms with Crippen LogP contribution in [0.3, 0.4) is 0 Å². The topological polar surface area (TPSA) is 0 Å². The minimum absolute atomic E-state index is 0. The predicted molar refractivity (Wildman–Crippen MR) is 29.0 cm³/mol. The van der Waals surface area contributed by atoms with Crippen molar-refractivity contribution in [3.05, 3.63) is 0 Å². The molecule has 0 aliphatic carbocycles. The fourth-order valence-electron chi connectivity index (χ4n) is 0. The van der Waals surface area contributed by atoms with Crippen molar-refractivity contribution in [1.29, 1.82) is 0 Å². The van der Waals surface area contributed by atoms with E-state index < -0.39 is 0 Å². The zero-order valence-electron chi connectivity index (χ0n) is 1.93. The van der Waals surface area contributed by atoms with Gasteiger partial charge in [0, 0.05) is 22.4 Å². The van der Waals surface area contributed by atoms with Crippen LogP contribution in [-0.4, -0.2) is 0 Å². The van der Waals surface area contributed by atoms with Gasteiger partial charge < -0.3 is 0 Å². The van der Waals surface area contributed by atoms with Gasteiger partial charge in [0.25, 0.3) is 0 Å². The zero-order valence-corrected chi connectivity index (χ0v) is 6.68. The summed E-state index contributed by atoms with van der Waals surface area (Å²) in [5, 5.41) is 0. The maximum Gasteiger partial charge on any atom is 0 e. The average Bonchev–Trinajstić information content (AvgIpc) is 0. The van der Waals surface area contributed by atoms with Crippen molar-refractivity contribution in [1.82, 2.24) is 0 Å². The van der Waals surface area contributed by atoms with Crippen LogP contribution < -0.4 is 0 Å². The van der Waals surface area contributed by atoms with Crippen molar-refractivity contribution in [3.8, 4) is 0 Å². The van der Waals surface area contributed by atoms with Crippen LogP contribution in [-0.2, 0) is 22.4 Å². The molecule has 0 aromatic heterocycles. The third-order valence-corrected chi connectivity index (χ3v) is 0. The molecule has 5 heavy (non-hydrogen) atoms. The molecule has 0 unspecified atom stereocenters. The molecule has 0 fully saturated rings. The second-order valence-electron chi connectivity index (χ2n) is 0. The Morgan fingerprint density at radius 1 is 0.400 bits per heavy atom. The molecule has 0 bridgehead atoms. The number of rotatable bonds is 0. The second-order valence-corrected chi connectivity index (χ2v) is 0. The first kappa shape index (κ1) is 66.5. The molecular formula is H4AgCl4. The maximum atomic E-state index is 0. The monoisotopic (exact) mass is 251 g/mol. The predicted octanol–water partition coefficient (Wildman–Crippen LogP) is 1.68. The molecule has 1 radical (unpaired) electrons. The molecule has 43 valence electrons. The molecule has 0 atom stereocenters. The van der Waals surface area contributed by atoms with Gasteiger partial charge in [-0.2, -0.15) is 0 Å². The molecule has 0 aromatic carbocycles. The van der Waals surface area contributed by atoms with E-state index in [1.54, 1.807) is 0 Å². The Kier molecular flexibility index (Phi) is 522. The normalized spacial score (nSPS) is 0. The third-order valence-electron chi connectivity index (χ3n) is 0. The van der Waals surface area contributed by atoms with Crippen LogP contribution in [0.25, 0.3) is 0 Å². The van der Waals surface area contributed by atoms with Crippen LogP contribution in [0.5, 0.6) is 0 Å². The van der Waals surface area contributed by atoms with Crippen molar-refractivity contribution < 1.29 is 22.4 Å². The Labute approximate surface area is 71.6 Å². The van der Waals surface area contributed by atoms with Gasteiger partial charge in [0.1, 0.15) is 0 Å². The molecule has 0 rings (SSSR count). The summed E-state index contributed by atoms with van der Waals surface area (Å²) < 4.78 is 0. The summed E-state index contributed by atoms with van der Waals surface area (Å²) in [6.45, 7) is 0. The summed E-state index contributed by atoms with van der Waals surface area (Å²) in [6.07, 6.45) is 0. The van der Waals surface area contributed by atoms with E-state index in [1.165, 1.54) is 0 Å². The van der Waals surface area contributed by atoms with Crippen molar-refractivity contribution in [2.75, 3.05) is 0 Å². The first-order chi connectivity index (χ1) is 0. The first-order valence-electron chi connectivity index (χ1n) is 0. The molecule has 0 aromatic rings. The van der Waals surface area contributed by atoms with Crippen LogP contribution in [0.15, 0.2) is 0 Å². The number of hydrogen-bond donors (Lipinski definition) is 0. The second kappa shape index (κ2) is 39.2. The summed E-state index contributed by atoms with van der Waals surface area (Å²) in [5.74, 6) is 0. The van der Waals surface area contributed by atoms with Gasteiger partial charge in [0.15, 0.2) is 0 Å². The summed E-state index contributed by atoms with van der Waals surface area (Å²) in [5.41, 5.74) is 0. The van der Waals surface area contributed by atoms with Crippen molar-refractivity contribution in [3.63, 3.8) is 0 Å². The third kappa shape index (κ3) is 24.9. The summed E-state index contributed by atoms with van der Waals surface area (Å²) in [6, 6.07) is 0. The van der Waals surface area contributed by atoms with Gasteiger partial charge in [-0.1, -0.05) is 0 Å². The van der Waals surface area contributed by atoms with E-state index in [1.807, 2.05) is 0 Å². The van der Waals surface area contributed by atoms with Crippen LogP contribution in [0, 0.1) is 0 Å². The molecule has 0 nitrogen and oxygen atoms in total. The molecule has 0 N–H and O–H groups in total. The molecule has 0 heterocycles. The molecule has 0 aliphatic heterocycles. The van der Waals surface area contributed by atoms with Crippen LogP contribution in [0.2, 0.25) is 0 Å². The number of halogens is 4. The molecule has 5 heteroatoms. The molecule has 0 saturated carbocycles. The SMILES string of the molecule is Cl.Cl.Cl.Cl.[Ag]. The maximum absolute atomic E-state index is 0. The Morgan fingerprint density at radius 3 is 0.400 bits per heavy atom. The van der Waals surface area contributed by atoms with E-state index >= 15 is 0 Å². The Morgan fingerprint density at radius 2 is 0.400 bits per heavy atom. The van der Waals surface area contributed by atoms with E-state index in [-0.39, 0.29) is 72.0 Å². The van der Waals surface area contributed by atoms with Gasteiger partial charge in [-0.25, -0.2) is 0 Å². The molecule has 0 amide bonds. The van der Waals surface area contributed by atoms with Crippen LogP contribution in [0.4, 0.5) is 0 Å². The van der Waals surface area contributed by atoms with Gasteiger partial charge in [-0.3, -0.25) is 0 Å². The molecular weight excluding hydrogens is 250 g/mol. The largest absolute Gasteiger partial charge is 0.147 e. The first-order valence-corrected chi connectivity index (χ1v) is 0. The van der Waals surface area contributed by atoms with Crippen LogP contribution >= 0.6 is 49.6 Å². The van der Waals surface area contributed by atoms with Crippen molar-refractivity contribution >= 4 is 49.6 Å². The van der Waals surface area contributed by atoms with Gasteiger partial charge in [-0.15, -0.1) is 49.6 Å². The van der Waals surface area contributed by atoms with Gasteiger partial charge >= 0.3 is 0 Å². The van der Waals surface area contributed by atoms with Gasteiger partial charge in [0.2, 0.25) is 0 Å². The van der Waals surface area contributed by atoms with Gasteiger partial charge in [0.05, 0.1) is 0 Å². The molecule has 0 saturated heterocycles. The number of hydrogen-bond acceptors (Lipinski definition) is 0. The van der Waals surface area contributed by atoms with Gasteiger partial charge in [-0.05, 0) is 0 Å². The van der Waals surface area contributed by atoms with E-state index in [9.17, 15) is 0 Å². The zero-order chi connectivity index (χ0) is 0. The summed E-state index contributed by atoms with van der Waals surface area (Å²) in [4.78, 5) is 0. The van der Waals surface area contributed by atoms with E-state index in [2.05, 4.69) is 0 Å². The Hall–Kier alpha value is 1.90. The summed E-state index contributed by atoms with van der Waals surface area (Å²) in [7, 11) is 0. The minimum Gasteiger partial charge on any atom is -0.147 e. The molecule has 0 aliphatic rings. The minimum atomic E-state index is 0. The average molecular weight is 254 g/mol. The fourth-order valence-corrected chi connectivity index (χ4v) is 0. The Bertz CT molecular complexity index is 3.61. The van der Waals surface area contributed by atoms with Crippen molar-refractivity contribution in [2.24, 2.45) is 0 Å². The quantitative estimate of drug-likeness (QED) is 0.577. The fraction of sp³-hybridized carbons (Fsp3) is 0. The molecule has 0 spiro atoms. The summed E-state index contributed by atoms with van der Waals surface area (Å²) >= 11 is 0. The van der Waals surface area contributed by atoms with Crippen LogP contribution in [0.1, 0.15) is 0 Å². The van der Waals surface area contributed by atoms with E-state index in [0.29, 0.717) is 0 Å².